The highest BCUT2D eigenvalue weighted by atomic mass is 35.5. The summed E-state index contributed by atoms with van der Waals surface area (Å²) in [6.45, 7) is 2.33. The van der Waals surface area contributed by atoms with Crippen LogP contribution >= 0.6 is 11.6 Å². The molecule has 3 rings (SSSR count). The van der Waals surface area contributed by atoms with Gasteiger partial charge < -0.3 is 14.8 Å². The number of carbonyl (C=O) groups is 1. The largest absolute Gasteiger partial charge is 0.488 e. The number of nitrogens with zero attached hydrogens (tertiary/aromatic N) is 2. The lowest BCUT2D eigenvalue weighted by Gasteiger charge is -2.15. The molecule has 3 aromatic rings. The Morgan fingerprint density at radius 3 is 2.73 bits per heavy atom. The number of carbonyl (C=O) groups excluding carboxylic acids is 1. The van der Waals surface area contributed by atoms with Gasteiger partial charge in [-0.05, 0) is 48.4 Å². The van der Waals surface area contributed by atoms with Crippen LogP contribution in [-0.4, -0.2) is 35.7 Å². The number of benzene rings is 2. The summed E-state index contributed by atoms with van der Waals surface area (Å²) in [5.41, 5.74) is 2.20. The van der Waals surface area contributed by atoms with Crippen LogP contribution in [0.4, 0.5) is 5.82 Å². The van der Waals surface area contributed by atoms with E-state index in [0.29, 0.717) is 28.8 Å². The van der Waals surface area contributed by atoms with Crippen LogP contribution in [0.1, 0.15) is 28.4 Å². The van der Waals surface area contributed by atoms with Crippen LogP contribution < -0.4 is 10.1 Å². The third-order valence-electron chi connectivity index (χ3n) is 4.05. The lowest BCUT2D eigenvalue weighted by atomic mass is 10.1. The molecule has 0 bridgehead atoms. The fourth-order valence-electron chi connectivity index (χ4n) is 2.77. The van der Waals surface area contributed by atoms with Gasteiger partial charge in [-0.25, -0.2) is 4.98 Å². The van der Waals surface area contributed by atoms with Gasteiger partial charge in [0.05, 0.1) is 12.8 Å². The van der Waals surface area contributed by atoms with Gasteiger partial charge >= 0.3 is 0 Å². The number of hydrogen-bond donors (Lipinski definition) is 1. The molecule has 0 aliphatic carbocycles. The molecule has 1 atom stereocenters. The highest BCUT2D eigenvalue weighted by molar-refractivity contribution is 6.30. The Labute approximate surface area is 180 Å². The number of anilines is 1. The minimum atomic E-state index is -0.308. The minimum Gasteiger partial charge on any atom is -0.488 e. The van der Waals surface area contributed by atoms with Crippen LogP contribution in [0.2, 0.25) is 5.02 Å². The van der Waals surface area contributed by atoms with Crippen molar-refractivity contribution in [2.24, 2.45) is 0 Å². The van der Waals surface area contributed by atoms with Crippen molar-refractivity contribution >= 4 is 35.5 Å². The molecule has 1 amide bonds. The molecule has 30 heavy (non-hydrogen) atoms. The predicted octanol–water partition coefficient (Wildman–Crippen LogP) is 4.97. The van der Waals surface area contributed by atoms with Crippen molar-refractivity contribution in [3.05, 3.63) is 82.8 Å². The topological polar surface area (TPSA) is 73.3 Å². The quantitative estimate of drug-likeness (QED) is 0.518. The Hall–Kier alpha value is -3.22. The van der Waals surface area contributed by atoms with Crippen molar-refractivity contribution in [1.82, 2.24) is 9.97 Å². The van der Waals surface area contributed by atoms with Crippen LogP contribution in [-0.2, 0) is 4.74 Å². The second kappa shape index (κ2) is 10.5. The monoisotopic (exact) mass is 423 g/mol. The fraction of sp³-hybridized carbons (Fsp3) is 0.174. The van der Waals surface area contributed by atoms with Crippen molar-refractivity contribution < 1.29 is 14.3 Å². The zero-order valence-corrected chi connectivity index (χ0v) is 17.5. The lowest BCUT2D eigenvalue weighted by molar-refractivity contribution is 0.0917. The molecule has 7 heteroatoms. The molecule has 0 fully saturated rings. The molecule has 0 saturated carbocycles. The highest BCUT2D eigenvalue weighted by Gasteiger charge is 2.12. The van der Waals surface area contributed by atoms with Gasteiger partial charge in [-0.1, -0.05) is 35.9 Å². The summed E-state index contributed by atoms with van der Waals surface area (Å²) in [6, 6.07) is 12.8. The molecule has 0 radical (unpaired) electrons. The van der Waals surface area contributed by atoms with E-state index in [1.54, 1.807) is 25.4 Å². The number of rotatable bonds is 8. The number of ether oxygens (including phenoxy) is 2. The number of nitrogens with one attached hydrogen (secondary N) is 1. The molecule has 154 valence electrons. The van der Waals surface area contributed by atoms with Crippen molar-refractivity contribution in [3.63, 3.8) is 0 Å². The third-order valence-corrected chi connectivity index (χ3v) is 4.29. The van der Waals surface area contributed by atoms with E-state index in [-0.39, 0.29) is 12.0 Å². The van der Waals surface area contributed by atoms with E-state index in [1.165, 1.54) is 12.4 Å². The van der Waals surface area contributed by atoms with Gasteiger partial charge in [-0.2, -0.15) is 0 Å². The maximum Gasteiger partial charge on any atom is 0.257 e. The van der Waals surface area contributed by atoms with Crippen LogP contribution in [0.3, 0.4) is 0 Å². The Morgan fingerprint density at radius 2 is 2.00 bits per heavy atom. The smallest absolute Gasteiger partial charge is 0.257 e. The lowest BCUT2D eigenvalue weighted by Crippen LogP contribution is -2.19. The van der Waals surface area contributed by atoms with Crippen molar-refractivity contribution in [3.8, 4) is 5.75 Å². The second-order valence-corrected chi connectivity index (χ2v) is 7.04. The first-order valence-corrected chi connectivity index (χ1v) is 9.73. The summed E-state index contributed by atoms with van der Waals surface area (Å²) in [7, 11) is 1.61. The number of aromatic nitrogens is 2. The number of halogens is 1. The molecule has 0 aliphatic rings. The van der Waals surface area contributed by atoms with E-state index in [4.69, 9.17) is 21.1 Å². The summed E-state index contributed by atoms with van der Waals surface area (Å²) in [6.07, 6.45) is 8.20. The molecule has 1 N–H and O–H groups in total. The van der Waals surface area contributed by atoms with Crippen molar-refractivity contribution in [2.75, 3.05) is 19.0 Å². The molecule has 1 heterocycles. The first kappa shape index (κ1) is 21.5. The van der Waals surface area contributed by atoms with Crippen LogP contribution in [0, 0.1) is 0 Å². The highest BCUT2D eigenvalue weighted by Crippen LogP contribution is 2.22. The molecular weight excluding hydrogens is 402 g/mol. The molecule has 0 saturated heterocycles. The zero-order chi connectivity index (χ0) is 21.3. The van der Waals surface area contributed by atoms with Gasteiger partial charge in [0, 0.05) is 30.1 Å². The average molecular weight is 424 g/mol. The molecule has 0 aliphatic heterocycles. The standard InChI is InChI=1S/C23H22ClN3O3/c1-16(15-29-2)30-21-12-18(7-6-17-4-3-5-20(24)11-17)10-19(13-21)23(28)27-22-14-25-8-9-26-22/h3-14,16H,15H2,1-2H3,(H,26,27,28)/t16-/m0/s1. The number of amides is 1. The van der Waals surface area contributed by atoms with E-state index in [0.717, 1.165) is 11.1 Å². The molecule has 1 aromatic heterocycles. The van der Waals surface area contributed by atoms with E-state index < -0.39 is 0 Å². The average Bonchev–Trinajstić information content (AvgIpc) is 2.73. The summed E-state index contributed by atoms with van der Waals surface area (Å²) in [5, 5.41) is 3.40. The molecule has 2 aromatic carbocycles. The summed E-state index contributed by atoms with van der Waals surface area (Å²) >= 11 is 6.05. The normalized spacial score (nSPS) is 12.0. The van der Waals surface area contributed by atoms with Gasteiger partial charge in [0.15, 0.2) is 5.82 Å². The summed E-state index contributed by atoms with van der Waals surface area (Å²) < 4.78 is 11.1. The van der Waals surface area contributed by atoms with Gasteiger partial charge in [0.1, 0.15) is 11.9 Å². The fourth-order valence-corrected chi connectivity index (χ4v) is 2.97. The maximum atomic E-state index is 12.7. The van der Waals surface area contributed by atoms with E-state index >= 15 is 0 Å². The maximum absolute atomic E-state index is 12.7. The summed E-state index contributed by atoms with van der Waals surface area (Å²) in [5.74, 6) is 0.632. The predicted molar refractivity (Wildman–Crippen MR) is 119 cm³/mol. The number of hydrogen-bond acceptors (Lipinski definition) is 5. The van der Waals surface area contributed by atoms with Crippen molar-refractivity contribution in [2.45, 2.75) is 13.0 Å². The van der Waals surface area contributed by atoms with Crippen LogP contribution in [0.15, 0.2) is 61.1 Å². The SMILES string of the molecule is COC[C@H](C)Oc1cc(C=Cc2cccc(Cl)c2)cc(C(=O)Nc2cnccn2)c1. The van der Waals surface area contributed by atoms with E-state index in [2.05, 4.69) is 15.3 Å². The number of methoxy groups -OCH3 is 1. The molecule has 0 unspecified atom stereocenters. The van der Waals surface area contributed by atoms with Crippen molar-refractivity contribution in [1.29, 1.82) is 0 Å². The van der Waals surface area contributed by atoms with Gasteiger partial charge in [0.25, 0.3) is 5.91 Å². The Kier molecular flexibility index (Phi) is 7.54. The van der Waals surface area contributed by atoms with Gasteiger partial charge in [-0.15, -0.1) is 0 Å². The molecule has 0 spiro atoms. The Bertz CT molecular complexity index is 1030. The first-order chi connectivity index (χ1) is 14.5. The minimum absolute atomic E-state index is 0.168. The van der Waals surface area contributed by atoms with Gasteiger partial charge in [0.2, 0.25) is 0 Å². The Balaban J connectivity index is 1.88. The third kappa shape index (κ3) is 6.40. The Morgan fingerprint density at radius 1 is 1.17 bits per heavy atom. The summed E-state index contributed by atoms with van der Waals surface area (Å²) in [4.78, 5) is 20.8. The van der Waals surface area contributed by atoms with E-state index in [1.807, 2.05) is 49.4 Å². The first-order valence-electron chi connectivity index (χ1n) is 9.35. The molecule has 6 nitrogen and oxygen atoms in total. The molecular formula is C23H22ClN3O3. The zero-order valence-electron chi connectivity index (χ0n) is 16.7. The second-order valence-electron chi connectivity index (χ2n) is 6.61. The van der Waals surface area contributed by atoms with Crippen LogP contribution in [0.5, 0.6) is 5.75 Å². The van der Waals surface area contributed by atoms with Crippen LogP contribution in [0.25, 0.3) is 12.2 Å². The van der Waals surface area contributed by atoms with Gasteiger partial charge in [-0.3, -0.25) is 9.78 Å². The van der Waals surface area contributed by atoms with E-state index in [9.17, 15) is 4.79 Å².